The number of rotatable bonds is 7. The highest BCUT2D eigenvalue weighted by Crippen LogP contribution is 2.36. The number of methoxy groups -OCH3 is 1. The van der Waals surface area contributed by atoms with Crippen molar-refractivity contribution in [2.24, 2.45) is 0 Å². The molecule has 37 heavy (non-hydrogen) atoms. The van der Waals surface area contributed by atoms with E-state index in [2.05, 4.69) is 20.6 Å². The molecule has 4 amide bonds. The standard InChI is InChI=1S/C28H29N5O4/c1-37-17-9-10-22-20(13-17)19-6-4-8-23(26(19)31-22)30-25(34)14-24-27(35)33(28(36)32-24)12-11-16-15-29-21-7-3-2-5-18(16)21/h2-3,5,7,9-10,13,15,23-24,29,31H,4,6,8,11-12,14H2,1H3,(H,30,34)(H,32,36). The Bertz CT molecular complexity index is 1520. The van der Waals surface area contributed by atoms with Gasteiger partial charge in [0.15, 0.2) is 0 Å². The third-order valence-electron chi connectivity index (χ3n) is 7.53. The number of urea groups is 1. The van der Waals surface area contributed by atoms with Crippen molar-refractivity contribution in [3.63, 3.8) is 0 Å². The zero-order valence-electron chi connectivity index (χ0n) is 20.6. The van der Waals surface area contributed by atoms with E-state index >= 15 is 0 Å². The number of imide groups is 1. The Hall–Kier alpha value is -4.27. The topological polar surface area (TPSA) is 119 Å². The molecule has 1 aliphatic heterocycles. The van der Waals surface area contributed by atoms with Crippen molar-refractivity contribution < 1.29 is 19.1 Å². The minimum absolute atomic E-state index is 0.0892. The number of ether oxygens (including phenoxy) is 1. The van der Waals surface area contributed by atoms with E-state index in [0.717, 1.165) is 58.1 Å². The van der Waals surface area contributed by atoms with Crippen LogP contribution in [0.15, 0.2) is 48.7 Å². The Morgan fingerprint density at radius 3 is 2.86 bits per heavy atom. The molecular weight excluding hydrogens is 470 g/mol. The minimum atomic E-state index is -0.856. The van der Waals surface area contributed by atoms with E-state index in [0.29, 0.717) is 6.42 Å². The Morgan fingerprint density at radius 2 is 2.00 bits per heavy atom. The molecule has 2 aliphatic rings. The summed E-state index contributed by atoms with van der Waals surface area (Å²) in [6, 6.07) is 12.4. The molecule has 9 heteroatoms. The Morgan fingerprint density at radius 1 is 1.14 bits per heavy atom. The van der Waals surface area contributed by atoms with Crippen molar-refractivity contribution >= 4 is 39.7 Å². The van der Waals surface area contributed by atoms with Crippen molar-refractivity contribution in [1.29, 1.82) is 0 Å². The molecule has 190 valence electrons. The van der Waals surface area contributed by atoms with Gasteiger partial charge in [-0.2, -0.15) is 0 Å². The molecule has 0 saturated carbocycles. The fourth-order valence-corrected chi connectivity index (χ4v) is 5.65. The molecule has 1 saturated heterocycles. The van der Waals surface area contributed by atoms with Crippen LogP contribution in [0.2, 0.25) is 0 Å². The van der Waals surface area contributed by atoms with E-state index in [1.54, 1.807) is 7.11 Å². The number of carbonyl (C=O) groups excluding carboxylic acids is 3. The molecule has 1 aliphatic carbocycles. The summed E-state index contributed by atoms with van der Waals surface area (Å²) in [6.07, 6.45) is 5.05. The van der Waals surface area contributed by atoms with Gasteiger partial charge in [0, 0.05) is 40.2 Å². The molecule has 2 aromatic heterocycles. The van der Waals surface area contributed by atoms with Gasteiger partial charge in [-0.1, -0.05) is 18.2 Å². The fraction of sp³-hybridized carbons (Fsp3) is 0.321. The number of aryl methyl sites for hydroxylation is 1. The molecule has 6 rings (SSSR count). The van der Waals surface area contributed by atoms with E-state index in [1.165, 1.54) is 10.5 Å². The molecule has 0 spiro atoms. The van der Waals surface area contributed by atoms with Gasteiger partial charge in [-0.3, -0.25) is 14.5 Å². The van der Waals surface area contributed by atoms with Gasteiger partial charge in [0.1, 0.15) is 11.8 Å². The second-order valence-electron chi connectivity index (χ2n) is 9.75. The minimum Gasteiger partial charge on any atom is -0.497 e. The van der Waals surface area contributed by atoms with Crippen LogP contribution in [0.25, 0.3) is 21.8 Å². The highest BCUT2D eigenvalue weighted by molar-refractivity contribution is 6.06. The first-order valence-electron chi connectivity index (χ1n) is 12.7. The van der Waals surface area contributed by atoms with Crippen molar-refractivity contribution in [2.75, 3.05) is 13.7 Å². The molecule has 0 bridgehead atoms. The van der Waals surface area contributed by atoms with Crippen molar-refractivity contribution in [2.45, 2.75) is 44.2 Å². The van der Waals surface area contributed by atoms with E-state index in [-0.39, 0.29) is 30.8 Å². The zero-order chi connectivity index (χ0) is 25.5. The summed E-state index contributed by atoms with van der Waals surface area (Å²) >= 11 is 0. The third kappa shape index (κ3) is 4.20. The number of para-hydroxylation sites is 1. The second kappa shape index (κ2) is 9.31. The first-order chi connectivity index (χ1) is 18.0. The number of fused-ring (bicyclic) bond motifs is 4. The van der Waals surface area contributed by atoms with Crippen molar-refractivity contribution in [3.8, 4) is 5.75 Å². The Labute approximate surface area is 213 Å². The number of hydrogen-bond donors (Lipinski definition) is 4. The largest absolute Gasteiger partial charge is 0.497 e. The van der Waals surface area contributed by atoms with Crippen LogP contribution in [-0.4, -0.2) is 52.4 Å². The van der Waals surface area contributed by atoms with E-state index in [1.807, 2.05) is 48.7 Å². The highest BCUT2D eigenvalue weighted by Gasteiger charge is 2.39. The predicted molar refractivity (Wildman–Crippen MR) is 139 cm³/mol. The average Bonchev–Trinajstić information content (AvgIpc) is 3.57. The maximum absolute atomic E-state index is 13.0. The number of aromatic amines is 2. The molecule has 1 fully saturated rings. The van der Waals surface area contributed by atoms with Crippen LogP contribution < -0.4 is 15.4 Å². The van der Waals surface area contributed by atoms with Crippen LogP contribution in [0, 0.1) is 0 Å². The number of aromatic nitrogens is 2. The van der Waals surface area contributed by atoms with Crippen LogP contribution in [0.1, 0.15) is 42.1 Å². The first-order valence-corrected chi connectivity index (χ1v) is 12.7. The number of H-pyrrole nitrogens is 2. The lowest BCUT2D eigenvalue weighted by Crippen LogP contribution is -2.38. The lowest BCUT2D eigenvalue weighted by atomic mass is 9.91. The molecule has 2 aromatic carbocycles. The molecule has 4 aromatic rings. The maximum atomic E-state index is 13.0. The van der Waals surface area contributed by atoms with Gasteiger partial charge >= 0.3 is 6.03 Å². The van der Waals surface area contributed by atoms with Gasteiger partial charge in [0.2, 0.25) is 5.91 Å². The molecule has 4 N–H and O–H groups in total. The number of carbonyl (C=O) groups is 3. The molecule has 0 radical (unpaired) electrons. The molecule has 2 unspecified atom stereocenters. The number of benzene rings is 2. The van der Waals surface area contributed by atoms with Gasteiger partial charge in [-0.05, 0) is 61.1 Å². The highest BCUT2D eigenvalue weighted by atomic mass is 16.5. The lowest BCUT2D eigenvalue weighted by Gasteiger charge is -2.24. The van der Waals surface area contributed by atoms with Crippen LogP contribution in [0.3, 0.4) is 0 Å². The molecular formula is C28H29N5O4. The van der Waals surface area contributed by atoms with Crippen LogP contribution in [0.5, 0.6) is 5.75 Å². The van der Waals surface area contributed by atoms with E-state index in [9.17, 15) is 14.4 Å². The maximum Gasteiger partial charge on any atom is 0.324 e. The monoisotopic (exact) mass is 499 g/mol. The van der Waals surface area contributed by atoms with Crippen LogP contribution in [0.4, 0.5) is 4.79 Å². The van der Waals surface area contributed by atoms with Gasteiger partial charge in [-0.25, -0.2) is 4.79 Å². The molecule has 3 heterocycles. The number of amides is 4. The van der Waals surface area contributed by atoms with E-state index in [4.69, 9.17) is 4.74 Å². The predicted octanol–water partition coefficient (Wildman–Crippen LogP) is 3.70. The van der Waals surface area contributed by atoms with Gasteiger partial charge in [0.25, 0.3) is 5.91 Å². The number of nitrogens with one attached hydrogen (secondary N) is 4. The normalized spacial score (nSPS) is 19.3. The second-order valence-corrected chi connectivity index (χ2v) is 9.75. The zero-order valence-corrected chi connectivity index (χ0v) is 20.6. The summed E-state index contributed by atoms with van der Waals surface area (Å²) in [5.74, 6) is 0.179. The number of nitrogens with zero attached hydrogens (tertiary/aromatic N) is 1. The van der Waals surface area contributed by atoms with Crippen molar-refractivity contribution in [1.82, 2.24) is 25.5 Å². The summed E-state index contributed by atoms with van der Waals surface area (Å²) in [5, 5.41) is 7.96. The van der Waals surface area contributed by atoms with E-state index < -0.39 is 12.1 Å². The quantitative estimate of drug-likeness (QED) is 0.290. The van der Waals surface area contributed by atoms with Crippen molar-refractivity contribution in [3.05, 3.63) is 65.5 Å². The fourth-order valence-electron chi connectivity index (χ4n) is 5.65. The summed E-state index contributed by atoms with van der Waals surface area (Å²) in [5.41, 5.74) is 5.27. The lowest BCUT2D eigenvalue weighted by molar-refractivity contribution is -0.131. The molecule has 9 nitrogen and oxygen atoms in total. The van der Waals surface area contributed by atoms with Gasteiger partial charge in [0.05, 0.1) is 19.6 Å². The SMILES string of the molecule is COc1ccc2[nH]c3c(c2c1)CCCC3NC(=O)CC1NC(=O)N(CCc2c[nH]c3ccccc23)C1=O. The average molecular weight is 500 g/mol. The van der Waals surface area contributed by atoms with Crippen LogP contribution in [-0.2, 0) is 22.4 Å². The summed E-state index contributed by atoms with van der Waals surface area (Å²) in [7, 11) is 1.65. The first kappa shape index (κ1) is 23.1. The molecule has 2 atom stereocenters. The summed E-state index contributed by atoms with van der Waals surface area (Å²) in [6.45, 7) is 0.259. The Kier molecular flexibility index (Phi) is 5.82. The third-order valence-corrected chi connectivity index (χ3v) is 7.53. The van der Waals surface area contributed by atoms with Gasteiger partial charge in [-0.15, -0.1) is 0 Å². The number of hydrogen-bond acceptors (Lipinski definition) is 4. The Balaban J connectivity index is 1.10. The summed E-state index contributed by atoms with van der Waals surface area (Å²) in [4.78, 5) is 46.4. The van der Waals surface area contributed by atoms with Gasteiger partial charge < -0.3 is 25.3 Å². The van der Waals surface area contributed by atoms with Crippen LogP contribution >= 0.6 is 0 Å². The smallest absolute Gasteiger partial charge is 0.324 e. The summed E-state index contributed by atoms with van der Waals surface area (Å²) < 4.78 is 5.38.